The zero-order valence-corrected chi connectivity index (χ0v) is 27.7. The molecule has 1 unspecified atom stereocenters. The monoisotopic (exact) mass is 680 g/mol. The van der Waals surface area contributed by atoms with E-state index in [9.17, 15) is 12.8 Å². The molecule has 3 aromatic rings. The van der Waals surface area contributed by atoms with Crippen LogP contribution in [0.2, 0.25) is 0 Å². The molecule has 1 atom stereocenters. The molecule has 0 amide bonds. The van der Waals surface area contributed by atoms with Gasteiger partial charge in [-0.25, -0.2) is 21.6 Å². The van der Waals surface area contributed by atoms with E-state index < -0.39 is 43.5 Å². The summed E-state index contributed by atoms with van der Waals surface area (Å²) in [7, 11) is -4.54. The highest BCUT2D eigenvalue weighted by molar-refractivity contribution is 7.92. The lowest BCUT2D eigenvalue weighted by Gasteiger charge is -2.43. The minimum Gasteiger partial charge on any atom is -0.383 e. The number of rotatable bonds is 12. The number of nitrogens with zero attached hydrogens (tertiary/aromatic N) is 3. The Morgan fingerprint density at radius 1 is 1.09 bits per heavy atom. The van der Waals surface area contributed by atoms with Crippen molar-refractivity contribution in [1.82, 2.24) is 15.1 Å². The van der Waals surface area contributed by atoms with Crippen molar-refractivity contribution in [3.8, 4) is 11.3 Å². The van der Waals surface area contributed by atoms with Gasteiger partial charge < -0.3 is 15.8 Å². The van der Waals surface area contributed by atoms with Crippen molar-refractivity contribution < 1.29 is 26.3 Å². The van der Waals surface area contributed by atoms with Crippen LogP contribution >= 0.6 is 11.6 Å². The van der Waals surface area contributed by atoms with Gasteiger partial charge in [-0.3, -0.25) is 14.4 Å². The van der Waals surface area contributed by atoms with Gasteiger partial charge in [0.25, 0.3) is 10.0 Å². The van der Waals surface area contributed by atoms with E-state index in [0.717, 1.165) is 62.2 Å². The van der Waals surface area contributed by atoms with E-state index in [1.165, 1.54) is 12.1 Å². The quantitative estimate of drug-likeness (QED) is 0.166. The van der Waals surface area contributed by atoms with Crippen molar-refractivity contribution in [2.75, 3.05) is 36.9 Å². The third-order valence-corrected chi connectivity index (χ3v) is 10.5. The second-order valence-corrected chi connectivity index (χ2v) is 14.4. The molecule has 1 aliphatic carbocycles. The van der Waals surface area contributed by atoms with Crippen LogP contribution in [0.5, 0.6) is 0 Å². The lowest BCUT2D eigenvalue weighted by Crippen LogP contribution is -2.46. The van der Waals surface area contributed by atoms with Crippen LogP contribution in [0.15, 0.2) is 46.3 Å². The average molecular weight is 681 g/mol. The number of anilines is 1. The maximum Gasteiger partial charge on any atom is 0.264 e. The molecule has 0 spiro atoms. The molecule has 2 aliphatic rings. The van der Waals surface area contributed by atoms with E-state index in [-0.39, 0.29) is 29.1 Å². The van der Waals surface area contributed by atoms with E-state index in [4.69, 9.17) is 27.2 Å². The Bertz CT molecular complexity index is 1710. The molecule has 14 heteroatoms. The third-order valence-electron chi connectivity index (χ3n) is 8.99. The summed E-state index contributed by atoms with van der Waals surface area (Å²) in [4.78, 5) is 3.98. The predicted octanol–water partition coefficient (Wildman–Crippen LogP) is 5.73. The second-order valence-electron chi connectivity index (χ2n) is 12.4. The van der Waals surface area contributed by atoms with Gasteiger partial charge >= 0.3 is 0 Å². The zero-order valence-electron chi connectivity index (χ0n) is 26.1. The first-order valence-electron chi connectivity index (χ1n) is 15.4. The number of nitrogens with two attached hydrogens (primary N) is 1. The first-order valence-corrected chi connectivity index (χ1v) is 17.5. The molecule has 0 saturated heterocycles. The van der Waals surface area contributed by atoms with Crippen LogP contribution in [0.3, 0.4) is 0 Å². The van der Waals surface area contributed by atoms with Crippen molar-refractivity contribution in [1.29, 1.82) is 0 Å². The molecule has 9 nitrogen and oxygen atoms in total. The molecule has 250 valence electrons. The van der Waals surface area contributed by atoms with E-state index in [2.05, 4.69) is 17.2 Å². The molecule has 1 aliphatic heterocycles. The molecule has 2 aromatic carbocycles. The van der Waals surface area contributed by atoms with Crippen LogP contribution < -0.4 is 15.8 Å². The number of benzene rings is 2. The molecule has 46 heavy (non-hydrogen) atoms. The Morgan fingerprint density at radius 2 is 1.80 bits per heavy atom. The Kier molecular flexibility index (Phi) is 10.4. The van der Waals surface area contributed by atoms with E-state index in [1.54, 1.807) is 0 Å². The fourth-order valence-electron chi connectivity index (χ4n) is 6.61. The molecule has 0 radical (unpaired) electrons. The van der Waals surface area contributed by atoms with Crippen LogP contribution in [0.4, 0.5) is 18.9 Å². The molecule has 1 aromatic heterocycles. The lowest BCUT2D eigenvalue weighted by atomic mass is 9.65. The number of ether oxygens (including phenoxy) is 1. The van der Waals surface area contributed by atoms with Gasteiger partial charge in [0, 0.05) is 41.6 Å². The number of hydrogen-bond acceptors (Lipinski definition) is 7. The molecular formula is C32H40ClF3N6O3S. The van der Waals surface area contributed by atoms with Crippen LogP contribution in [0.1, 0.15) is 63.8 Å². The maximum absolute atomic E-state index is 15.8. The number of halogens is 4. The van der Waals surface area contributed by atoms with Gasteiger partial charge in [-0.05, 0) is 63.6 Å². The number of hydrogen-bond donors (Lipinski definition) is 3. The van der Waals surface area contributed by atoms with Gasteiger partial charge in [0.1, 0.15) is 33.9 Å². The minimum absolute atomic E-state index is 0.126. The maximum atomic E-state index is 15.8. The SMILES string of the molecule is CC(C)n1nc(-c2cc(F)c(NS(=O)(=O)c3ccccc3F)cc2F)c2c1C(C)(C1CCC(NCCOCCCl)CC1)CN=C2N. The number of sulfonamides is 1. The molecule has 0 bridgehead atoms. The summed E-state index contributed by atoms with van der Waals surface area (Å²) in [5.74, 6) is -2.10. The number of aliphatic imine (C=N–C) groups is 1. The van der Waals surface area contributed by atoms with Gasteiger partial charge in [-0.1, -0.05) is 19.1 Å². The first kappa shape index (κ1) is 34.2. The van der Waals surface area contributed by atoms with Gasteiger partial charge in [0.2, 0.25) is 0 Å². The van der Waals surface area contributed by atoms with Crippen molar-refractivity contribution in [3.05, 3.63) is 65.1 Å². The normalized spacial score (nSPS) is 21.7. The van der Waals surface area contributed by atoms with Crippen LogP contribution in [-0.4, -0.2) is 62.3 Å². The van der Waals surface area contributed by atoms with Crippen molar-refractivity contribution >= 4 is 33.1 Å². The number of alkyl halides is 1. The Labute approximate surface area is 272 Å². The molecule has 2 heterocycles. The van der Waals surface area contributed by atoms with Crippen LogP contribution in [0.25, 0.3) is 11.3 Å². The summed E-state index contributed by atoms with van der Waals surface area (Å²) < 4.78 is 80.3. The summed E-state index contributed by atoms with van der Waals surface area (Å²) >= 11 is 5.67. The summed E-state index contributed by atoms with van der Waals surface area (Å²) in [6, 6.07) is 6.51. The Hall–Kier alpha value is -3.13. The van der Waals surface area contributed by atoms with E-state index >= 15 is 8.78 Å². The molecular weight excluding hydrogens is 641 g/mol. The van der Waals surface area contributed by atoms with Gasteiger partial charge in [-0.15, -0.1) is 11.6 Å². The highest BCUT2D eigenvalue weighted by Crippen LogP contribution is 2.47. The first-order chi connectivity index (χ1) is 21.9. The summed E-state index contributed by atoms with van der Waals surface area (Å²) in [5, 5.41) is 8.34. The molecule has 1 saturated carbocycles. The van der Waals surface area contributed by atoms with E-state index in [0.29, 0.717) is 37.2 Å². The topological polar surface area (TPSA) is 124 Å². The van der Waals surface area contributed by atoms with Crippen molar-refractivity contribution in [2.45, 2.75) is 68.8 Å². The number of nitrogens with one attached hydrogen (secondary N) is 2. The van der Waals surface area contributed by atoms with Gasteiger partial charge in [0.15, 0.2) is 0 Å². The highest BCUT2D eigenvalue weighted by Gasteiger charge is 2.46. The zero-order chi connectivity index (χ0) is 33.2. The average Bonchev–Trinajstić information content (AvgIpc) is 3.44. The van der Waals surface area contributed by atoms with Crippen molar-refractivity contribution in [2.24, 2.45) is 16.6 Å². The molecule has 1 fully saturated rings. The fourth-order valence-corrected chi connectivity index (χ4v) is 7.86. The van der Waals surface area contributed by atoms with Gasteiger partial charge in [-0.2, -0.15) is 5.10 Å². The predicted molar refractivity (Wildman–Crippen MR) is 173 cm³/mol. The molecule has 4 N–H and O–H groups in total. The molecule has 5 rings (SSSR count). The van der Waals surface area contributed by atoms with E-state index in [1.807, 2.05) is 23.3 Å². The highest BCUT2D eigenvalue weighted by atomic mass is 35.5. The number of aromatic nitrogens is 2. The minimum atomic E-state index is -4.54. The lowest BCUT2D eigenvalue weighted by molar-refractivity contribution is 0.140. The number of amidine groups is 1. The van der Waals surface area contributed by atoms with Crippen LogP contribution in [0, 0.1) is 23.4 Å². The summed E-state index contributed by atoms with van der Waals surface area (Å²) in [6.45, 7) is 8.39. The largest absolute Gasteiger partial charge is 0.383 e. The fraction of sp³-hybridized carbons (Fsp3) is 0.500. The summed E-state index contributed by atoms with van der Waals surface area (Å²) in [6.07, 6.45) is 3.81. The summed E-state index contributed by atoms with van der Waals surface area (Å²) in [5.41, 5.74) is 6.57. The number of fused-ring (bicyclic) bond motifs is 1. The van der Waals surface area contributed by atoms with Crippen molar-refractivity contribution in [3.63, 3.8) is 0 Å². The van der Waals surface area contributed by atoms with Crippen LogP contribution in [-0.2, 0) is 20.2 Å². The third kappa shape index (κ3) is 6.78. The Morgan fingerprint density at radius 3 is 2.48 bits per heavy atom. The van der Waals surface area contributed by atoms with Gasteiger partial charge in [0.05, 0.1) is 36.7 Å². The standard InChI is InChI=1S/C32H40ClF3N6O3S/c1-19(2)42-30-28(31(37)39-18-32(30,3)20-8-10-21(11-9-20)38-13-15-45-14-12-33)29(40-42)22-16-25(36)26(17-24(22)35)41-46(43,44)27-7-5-4-6-23(27)34/h4-7,16-17,19-21,38,41H,8-15,18H2,1-3H3,(H2,37,39). The smallest absolute Gasteiger partial charge is 0.264 e. The Balaban J connectivity index is 1.45. The second kappa shape index (κ2) is 13.9.